The summed E-state index contributed by atoms with van der Waals surface area (Å²) in [5.41, 5.74) is 0.748. The molecule has 1 saturated carbocycles. The summed E-state index contributed by atoms with van der Waals surface area (Å²) in [5, 5.41) is 3.50. The van der Waals surface area contributed by atoms with Crippen molar-refractivity contribution in [2.75, 3.05) is 13.1 Å². The summed E-state index contributed by atoms with van der Waals surface area (Å²) in [6, 6.07) is 0. The van der Waals surface area contributed by atoms with E-state index in [0.29, 0.717) is 0 Å². The standard InChI is InChI=1S/C13H25N/c1-11(2)12-4-3-5-13(10-12)6-8-14-9-7-13/h11-12,14H,3-10H2,1-2H3. The van der Waals surface area contributed by atoms with Crippen molar-refractivity contribution >= 4 is 0 Å². The van der Waals surface area contributed by atoms with Gasteiger partial charge in [-0.05, 0) is 56.0 Å². The average molecular weight is 195 g/mol. The van der Waals surface area contributed by atoms with Crippen molar-refractivity contribution < 1.29 is 0 Å². The van der Waals surface area contributed by atoms with Crippen LogP contribution in [-0.2, 0) is 0 Å². The molecule has 1 N–H and O–H groups in total. The van der Waals surface area contributed by atoms with Crippen LogP contribution >= 0.6 is 0 Å². The zero-order valence-electron chi connectivity index (χ0n) is 9.81. The summed E-state index contributed by atoms with van der Waals surface area (Å²) in [6.45, 7) is 7.35. The highest BCUT2D eigenvalue weighted by Crippen LogP contribution is 2.47. The van der Waals surface area contributed by atoms with Gasteiger partial charge in [0.1, 0.15) is 0 Å². The lowest BCUT2D eigenvalue weighted by Crippen LogP contribution is -2.40. The Hall–Kier alpha value is -0.0400. The third kappa shape index (κ3) is 2.13. The first-order valence-corrected chi connectivity index (χ1v) is 6.43. The molecule has 0 aromatic heterocycles. The molecule has 0 bridgehead atoms. The molecule has 14 heavy (non-hydrogen) atoms. The van der Waals surface area contributed by atoms with Crippen LogP contribution in [0.15, 0.2) is 0 Å². The van der Waals surface area contributed by atoms with Gasteiger partial charge in [-0.3, -0.25) is 0 Å². The minimum atomic E-state index is 0.748. The maximum absolute atomic E-state index is 3.50. The molecule has 0 aromatic carbocycles. The SMILES string of the molecule is CC(C)C1CCCC2(CCNCC2)C1. The smallest absolute Gasteiger partial charge is 0.00436 e. The minimum absolute atomic E-state index is 0.748. The first-order valence-electron chi connectivity index (χ1n) is 6.43. The molecule has 2 fully saturated rings. The molecular weight excluding hydrogens is 170 g/mol. The van der Waals surface area contributed by atoms with E-state index in [9.17, 15) is 0 Å². The second-order valence-electron chi connectivity index (χ2n) is 5.85. The van der Waals surface area contributed by atoms with Crippen LogP contribution < -0.4 is 5.32 Å². The van der Waals surface area contributed by atoms with Crippen LogP contribution in [0.5, 0.6) is 0 Å². The molecule has 1 heteroatoms. The molecule has 1 aliphatic heterocycles. The molecule has 1 spiro atoms. The molecule has 0 amide bonds. The van der Waals surface area contributed by atoms with Crippen molar-refractivity contribution in [3.8, 4) is 0 Å². The van der Waals surface area contributed by atoms with Crippen LogP contribution in [0.3, 0.4) is 0 Å². The van der Waals surface area contributed by atoms with Gasteiger partial charge in [-0.2, -0.15) is 0 Å². The number of piperidine rings is 1. The van der Waals surface area contributed by atoms with Gasteiger partial charge in [0.05, 0.1) is 0 Å². The molecule has 2 rings (SSSR count). The van der Waals surface area contributed by atoms with E-state index in [-0.39, 0.29) is 0 Å². The highest BCUT2D eigenvalue weighted by Gasteiger charge is 2.37. The Kier molecular flexibility index (Phi) is 3.16. The fourth-order valence-electron chi connectivity index (χ4n) is 3.48. The van der Waals surface area contributed by atoms with Crippen molar-refractivity contribution in [2.45, 2.75) is 52.4 Å². The second kappa shape index (κ2) is 4.22. The van der Waals surface area contributed by atoms with Crippen molar-refractivity contribution in [1.82, 2.24) is 5.32 Å². The highest BCUT2D eigenvalue weighted by atomic mass is 14.9. The van der Waals surface area contributed by atoms with Crippen LogP contribution in [0.25, 0.3) is 0 Å². The molecule has 82 valence electrons. The van der Waals surface area contributed by atoms with Gasteiger partial charge in [-0.1, -0.05) is 26.7 Å². The van der Waals surface area contributed by atoms with E-state index in [0.717, 1.165) is 17.3 Å². The van der Waals surface area contributed by atoms with Gasteiger partial charge >= 0.3 is 0 Å². The van der Waals surface area contributed by atoms with Gasteiger partial charge in [0, 0.05) is 0 Å². The second-order valence-corrected chi connectivity index (χ2v) is 5.85. The number of nitrogens with one attached hydrogen (secondary N) is 1. The Bertz CT molecular complexity index is 174. The van der Waals surface area contributed by atoms with Crippen LogP contribution in [0.2, 0.25) is 0 Å². The molecule has 0 radical (unpaired) electrons. The van der Waals surface area contributed by atoms with E-state index in [4.69, 9.17) is 0 Å². The highest BCUT2D eigenvalue weighted by molar-refractivity contribution is 4.90. The first-order chi connectivity index (χ1) is 6.72. The molecular formula is C13H25N. The third-order valence-electron chi connectivity index (χ3n) is 4.58. The Morgan fingerprint density at radius 3 is 2.50 bits per heavy atom. The lowest BCUT2D eigenvalue weighted by Gasteiger charge is -2.45. The fraction of sp³-hybridized carbons (Fsp3) is 1.00. The van der Waals surface area contributed by atoms with Gasteiger partial charge in [0.15, 0.2) is 0 Å². The average Bonchev–Trinajstić information content (AvgIpc) is 2.19. The molecule has 1 unspecified atom stereocenters. The van der Waals surface area contributed by atoms with Crippen LogP contribution in [0.4, 0.5) is 0 Å². The lowest BCUT2D eigenvalue weighted by molar-refractivity contribution is 0.0769. The van der Waals surface area contributed by atoms with E-state index in [1.165, 1.54) is 51.6 Å². The maximum atomic E-state index is 3.50. The van der Waals surface area contributed by atoms with Gasteiger partial charge in [0.25, 0.3) is 0 Å². The topological polar surface area (TPSA) is 12.0 Å². The molecule has 1 nitrogen and oxygen atoms in total. The van der Waals surface area contributed by atoms with Crippen LogP contribution in [0.1, 0.15) is 52.4 Å². The number of rotatable bonds is 1. The minimum Gasteiger partial charge on any atom is -0.317 e. The number of hydrogen-bond donors (Lipinski definition) is 1. The van der Waals surface area contributed by atoms with Gasteiger partial charge in [-0.25, -0.2) is 0 Å². The summed E-state index contributed by atoms with van der Waals surface area (Å²) >= 11 is 0. The van der Waals surface area contributed by atoms with E-state index < -0.39 is 0 Å². The summed E-state index contributed by atoms with van der Waals surface area (Å²) in [6.07, 6.45) is 8.90. The normalized spacial score (nSPS) is 32.4. The molecule has 2 aliphatic rings. The fourth-order valence-corrected chi connectivity index (χ4v) is 3.48. The number of hydrogen-bond acceptors (Lipinski definition) is 1. The van der Waals surface area contributed by atoms with E-state index in [2.05, 4.69) is 19.2 Å². The summed E-state index contributed by atoms with van der Waals surface area (Å²) in [5.74, 6) is 1.92. The van der Waals surface area contributed by atoms with Gasteiger partial charge < -0.3 is 5.32 Å². The Morgan fingerprint density at radius 2 is 1.86 bits per heavy atom. The van der Waals surface area contributed by atoms with Crippen molar-refractivity contribution in [3.63, 3.8) is 0 Å². The lowest BCUT2D eigenvalue weighted by atomic mass is 9.63. The summed E-state index contributed by atoms with van der Waals surface area (Å²) in [4.78, 5) is 0. The maximum Gasteiger partial charge on any atom is -0.00436 e. The zero-order chi connectivity index (χ0) is 10.0. The first kappa shape index (κ1) is 10.5. The van der Waals surface area contributed by atoms with Crippen molar-refractivity contribution in [2.24, 2.45) is 17.3 Å². The predicted molar refractivity (Wildman–Crippen MR) is 61.3 cm³/mol. The Labute approximate surface area is 88.7 Å². The van der Waals surface area contributed by atoms with Crippen LogP contribution in [-0.4, -0.2) is 13.1 Å². The predicted octanol–water partition coefficient (Wildman–Crippen LogP) is 3.20. The largest absolute Gasteiger partial charge is 0.317 e. The monoisotopic (exact) mass is 195 g/mol. The Morgan fingerprint density at radius 1 is 1.14 bits per heavy atom. The van der Waals surface area contributed by atoms with Gasteiger partial charge in [-0.15, -0.1) is 0 Å². The molecule has 0 aromatic rings. The summed E-state index contributed by atoms with van der Waals surface area (Å²) in [7, 11) is 0. The molecule has 1 heterocycles. The zero-order valence-corrected chi connectivity index (χ0v) is 9.81. The third-order valence-corrected chi connectivity index (χ3v) is 4.58. The van der Waals surface area contributed by atoms with Crippen molar-refractivity contribution in [3.05, 3.63) is 0 Å². The quantitative estimate of drug-likeness (QED) is 0.677. The molecule has 1 atom stereocenters. The van der Waals surface area contributed by atoms with Gasteiger partial charge in [0.2, 0.25) is 0 Å². The van der Waals surface area contributed by atoms with E-state index in [1.807, 2.05) is 0 Å². The summed E-state index contributed by atoms with van der Waals surface area (Å²) < 4.78 is 0. The molecule has 1 saturated heterocycles. The van der Waals surface area contributed by atoms with Crippen LogP contribution in [0, 0.1) is 17.3 Å². The van der Waals surface area contributed by atoms with E-state index >= 15 is 0 Å². The van der Waals surface area contributed by atoms with Crippen molar-refractivity contribution in [1.29, 1.82) is 0 Å². The molecule has 1 aliphatic carbocycles. The Balaban J connectivity index is 1.97. The van der Waals surface area contributed by atoms with E-state index in [1.54, 1.807) is 0 Å².